The van der Waals surface area contributed by atoms with Crippen LogP contribution in [0, 0.1) is 0 Å². The molecule has 0 aliphatic carbocycles. The highest BCUT2D eigenvalue weighted by molar-refractivity contribution is 8.00. The average molecular weight is 319 g/mol. The summed E-state index contributed by atoms with van der Waals surface area (Å²) in [5.41, 5.74) is 1.52. The Hall–Kier alpha value is -2.02. The molecule has 2 fully saturated rings. The summed E-state index contributed by atoms with van der Waals surface area (Å²) in [6, 6.07) is 7.21. The van der Waals surface area contributed by atoms with Gasteiger partial charge in [-0.05, 0) is 30.7 Å². The second-order valence-corrected chi connectivity index (χ2v) is 6.27. The molecule has 7 heteroatoms. The molecule has 116 valence electrons. The fourth-order valence-electron chi connectivity index (χ4n) is 2.56. The summed E-state index contributed by atoms with van der Waals surface area (Å²) in [6.45, 7) is 0.831. The minimum atomic E-state index is -0.208. The van der Waals surface area contributed by atoms with Crippen LogP contribution in [0.4, 0.5) is 11.4 Å². The van der Waals surface area contributed by atoms with Gasteiger partial charge in [-0.3, -0.25) is 14.4 Å². The molecular formula is C15H17N3O3S. The van der Waals surface area contributed by atoms with Crippen LogP contribution in [0.25, 0.3) is 0 Å². The molecule has 1 aromatic rings. The van der Waals surface area contributed by atoms with Gasteiger partial charge in [0.15, 0.2) is 0 Å². The molecule has 1 N–H and O–H groups in total. The maximum absolute atomic E-state index is 11.9. The van der Waals surface area contributed by atoms with Gasteiger partial charge in [-0.25, -0.2) is 0 Å². The van der Waals surface area contributed by atoms with Crippen LogP contribution in [0.3, 0.4) is 0 Å². The van der Waals surface area contributed by atoms with Crippen molar-refractivity contribution < 1.29 is 14.4 Å². The first-order valence-corrected chi connectivity index (χ1v) is 8.35. The zero-order valence-electron chi connectivity index (χ0n) is 12.1. The number of rotatable bonds is 4. The molecular weight excluding hydrogens is 302 g/mol. The van der Waals surface area contributed by atoms with Gasteiger partial charge in [-0.2, -0.15) is 0 Å². The first-order chi connectivity index (χ1) is 10.6. The maximum Gasteiger partial charge on any atom is 0.244 e. The van der Waals surface area contributed by atoms with Crippen LogP contribution < -0.4 is 10.2 Å². The first-order valence-electron chi connectivity index (χ1n) is 7.19. The molecule has 0 atom stereocenters. The highest BCUT2D eigenvalue weighted by Gasteiger charge is 2.23. The van der Waals surface area contributed by atoms with E-state index in [9.17, 15) is 14.4 Å². The number of thioether (sulfide) groups is 1. The van der Waals surface area contributed by atoms with Gasteiger partial charge in [-0.1, -0.05) is 0 Å². The Bertz CT molecular complexity index is 603. The number of anilines is 2. The third-order valence-electron chi connectivity index (χ3n) is 3.70. The second-order valence-electron chi connectivity index (χ2n) is 5.31. The van der Waals surface area contributed by atoms with Crippen molar-refractivity contribution in [2.75, 3.05) is 34.9 Å². The highest BCUT2D eigenvalue weighted by Crippen LogP contribution is 2.23. The van der Waals surface area contributed by atoms with Crippen molar-refractivity contribution in [2.45, 2.75) is 12.8 Å². The summed E-state index contributed by atoms with van der Waals surface area (Å²) in [7, 11) is 0. The van der Waals surface area contributed by atoms with Crippen LogP contribution in [0.5, 0.6) is 0 Å². The second kappa shape index (κ2) is 6.39. The Morgan fingerprint density at radius 3 is 2.55 bits per heavy atom. The van der Waals surface area contributed by atoms with E-state index >= 15 is 0 Å². The summed E-state index contributed by atoms with van der Waals surface area (Å²) in [4.78, 5) is 38.4. The lowest BCUT2D eigenvalue weighted by Gasteiger charge is -2.17. The third-order valence-corrected chi connectivity index (χ3v) is 4.64. The molecule has 3 rings (SSSR count). The van der Waals surface area contributed by atoms with Crippen molar-refractivity contribution in [3.8, 4) is 0 Å². The largest absolute Gasteiger partial charge is 0.325 e. The Balaban J connectivity index is 1.57. The summed E-state index contributed by atoms with van der Waals surface area (Å²) >= 11 is 1.51. The number of nitrogens with zero attached hydrogens (tertiary/aromatic N) is 2. The van der Waals surface area contributed by atoms with Gasteiger partial charge in [0.05, 0.1) is 11.6 Å². The summed E-state index contributed by atoms with van der Waals surface area (Å²) in [5.74, 6) is 0.958. The van der Waals surface area contributed by atoms with Crippen molar-refractivity contribution in [1.82, 2.24) is 4.90 Å². The average Bonchev–Trinajstić information content (AvgIpc) is 3.09. The summed E-state index contributed by atoms with van der Waals surface area (Å²) in [5, 5.41) is 2.77. The number of hydrogen-bond donors (Lipinski definition) is 1. The van der Waals surface area contributed by atoms with E-state index in [4.69, 9.17) is 0 Å². The summed E-state index contributed by atoms with van der Waals surface area (Å²) < 4.78 is 0. The number of amides is 3. The Labute approximate surface area is 132 Å². The smallest absolute Gasteiger partial charge is 0.244 e. The van der Waals surface area contributed by atoms with Gasteiger partial charge in [0, 0.05) is 24.3 Å². The fourth-order valence-corrected chi connectivity index (χ4v) is 3.46. The molecule has 0 bridgehead atoms. The van der Waals surface area contributed by atoms with Gasteiger partial charge in [0.2, 0.25) is 17.7 Å². The fraction of sp³-hybridized carbons (Fsp3) is 0.400. The molecule has 2 heterocycles. The number of benzene rings is 1. The van der Waals surface area contributed by atoms with Crippen molar-refractivity contribution in [2.24, 2.45) is 0 Å². The molecule has 2 aliphatic heterocycles. The minimum Gasteiger partial charge on any atom is -0.325 e. The lowest BCUT2D eigenvalue weighted by atomic mass is 10.2. The van der Waals surface area contributed by atoms with E-state index in [1.807, 2.05) is 12.1 Å². The number of carbonyl (C=O) groups excluding carboxylic acids is 3. The van der Waals surface area contributed by atoms with Gasteiger partial charge in [-0.15, -0.1) is 11.8 Å². The Morgan fingerprint density at radius 1 is 1.18 bits per heavy atom. The molecule has 0 radical (unpaired) electrons. The van der Waals surface area contributed by atoms with Crippen LogP contribution in [-0.4, -0.2) is 47.3 Å². The normalized spacial score (nSPS) is 18.2. The molecule has 22 heavy (non-hydrogen) atoms. The van der Waals surface area contributed by atoms with E-state index in [0.717, 1.165) is 18.7 Å². The van der Waals surface area contributed by atoms with E-state index in [1.165, 1.54) is 16.7 Å². The van der Waals surface area contributed by atoms with Gasteiger partial charge in [0.1, 0.15) is 6.54 Å². The molecule has 0 spiro atoms. The molecule has 3 amide bonds. The van der Waals surface area contributed by atoms with Gasteiger partial charge >= 0.3 is 0 Å². The highest BCUT2D eigenvalue weighted by atomic mass is 32.2. The molecule has 0 saturated carbocycles. The number of carbonyl (C=O) groups is 3. The third kappa shape index (κ3) is 3.24. The van der Waals surface area contributed by atoms with E-state index in [-0.39, 0.29) is 24.3 Å². The van der Waals surface area contributed by atoms with Gasteiger partial charge in [0.25, 0.3) is 0 Å². The molecule has 2 saturated heterocycles. The lowest BCUT2D eigenvalue weighted by molar-refractivity contribution is -0.130. The van der Waals surface area contributed by atoms with Crippen molar-refractivity contribution in [3.05, 3.63) is 24.3 Å². The van der Waals surface area contributed by atoms with E-state index in [0.29, 0.717) is 23.7 Å². The minimum absolute atomic E-state index is 0.00282. The van der Waals surface area contributed by atoms with Crippen LogP contribution in [0.2, 0.25) is 0 Å². The molecule has 0 unspecified atom stereocenters. The Morgan fingerprint density at radius 2 is 1.95 bits per heavy atom. The van der Waals surface area contributed by atoms with Crippen molar-refractivity contribution >= 4 is 40.9 Å². The first kappa shape index (κ1) is 14.9. The van der Waals surface area contributed by atoms with Crippen LogP contribution in [0.1, 0.15) is 12.8 Å². The topological polar surface area (TPSA) is 69.7 Å². The predicted octanol–water partition coefficient (Wildman–Crippen LogP) is 1.28. The SMILES string of the molecule is O=C(CN1CSCC1=O)Nc1ccc(N2CCCC2=O)cc1. The van der Waals surface area contributed by atoms with Gasteiger partial charge < -0.3 is 15.1 Å². The van der Waals surface area contributed by atoms with Crippen LogP contribution >= 0.6 is 11.8 Å². The number of hydrogen-bond acceptors (Lipinski definition) is 4. The number of nitrogens with one attached hydrogen (secondary N) is 1. The lowest BCUT2D eigenvalue weighted by Crippen LogP contribution is -2.34. The van der Waals surface area contributed by atoms with Crippen molar-refractivity contribution in [1.29, 1.82) is 0 Å². The molecule has 6 nitrogen and oxygen atoms in total. The molecule has 2 aliphatic rings. The molecule has 0 aromatic heterocycles. The van der Waals surface area contributed by atoms with Crippen LogP contribution in [-0.2, 0) is 14.4 Å². The van der Waals surface area contributed by atoms with E-state index in [1.54, 1.807) is 17.0 Å². The van der Waals surface area contributed by atoms with E-state index < -0.39 is 0 Å². The monoisotopic (exact) mass is 319 g/mol. The summed E-state index contributed by atoms with van der Waals surface area (Å²) in [6.07, 6.45) is 1.49. The molecule has 1 aromatic carbocycles. The van der Waals surface area contributed by atoms with E-state index in [2.05, 4.69) is 5.32 Å². The zero-order valence-corrected chi connectivity index (χ0v) is 12.9. The predicted molar refractivity (Wildman–Crippen MR) is 85.7 cm³/mol. The quantitative estimate of drug-likeness (QED) is 0.908. The maximum atomic E-state index is 11.9. The Kier molecular flexibility index (Phi) is 4.33. The zero-order chi connectivity index (χ0) is 15.5. The van der Waals surface area contributed by atoms with Crippen LogP contribution in [0.15, 0.2) is 24.3 Å². The van der Waals surface area contributed by atoms with Crippen molar-refractivity contribution in [3.63, 3.8) is 0 Å². The standard InChI is InChI=1S/C15H17N3O3S/c19-13(8-17-10-22-9-15(17)21)16-11-3-5-12(6-4-11)18-7-1-2-14(18)20/h3-6H,1-2,7-10H2,(H,16,19).